The second-order valence-corrected chi connectivity index (χ2v) is 4.35. The number of alkyl halides is 1. The predicted molar refractivity (Wildman–Crippen MR) is 71.9 cm³/mol. The molecule has 0 atom stereocenters. The van der Waals surface area contributed by atoms with E-state index >= 15 is 0 Å². The number of hydrogen-bond donors (Lipinski definition) is 0. The number of nitrogens with zero attached hydrogens (tertiary/aromatic N) is 1. The molecule has 15 heavy (non-hydrogen) atoms. The van der Waals surface area contributed by atoms with E-state index in [0.29, 0.717) is 0 Å². The summed E-state index contributed by atoms with van der Waals surface area (Å²) in [6.45, 7) is 6.77. The third-order valence-corrected chi connectivity index (χ3v) is 3.09. The fourth-order valence-electron chi connectivity index (χ4n) is 1.71. The van der Waals surface area contributed by atoms with Gasteiger partial charge in [-0.25, -0.2) is 0 Å². The van der Waals surface area contributed by atoms with Crippen molar-refractivity contribution in [2.24, 2.45) is 0 Å². The Morgan fingerprint density at radius 2 is 1.53 bits per heavy atom. The van der Waals surface area contributed by atoms with Crippen molar-refractivity contribution in [2.75, 3.05) is 18.0 Å². The lowest BCUT2D eigenvalue weighted by molar-refractivity contribution is 0.745. The molecule has 0 saturated heterocycles. The van der Waals surface area contributed by atoms with Crippen LogP contribution in [0.2, 0.25) is 0 Å². The molecule has 1 aromatic rings. The van der Waals surface area contributed by atoms with Crippen molar-refractivity contribution in [3.63, 3.8) is 0 Å². The Hall–Kier alpha value is -0.500. The average Bonchev–Trinajstić information content (AvgIpc) is 2.29. The Morgan fingerprint density at radius 3 is 1.93 bits per heavy atom. The highest BCUT2D eigenvalue weighted by Gasteiger charge is 2.03. The van der Waals surface area contributed by atoms with Crippen LogP contribution in [0.1, 0.15) is 32.3 Å². The van der Waals surface area contributed by atoms with Crippen molar-refractivity contribution in [1.82, 2.24) is 0 Å². The van der Waals surface area contributed by atoms with E-state index in [9.17, 15) is 0 Å². The van der Waals surface area contributed by atoms with Gasteiger partial charge < -0.3 is 4.90 Å². The van der Waals surface area contributed by atoms with Crippen LogP contribution < -0.4 is 4.90 Å². The molecule has 0 bridgehead atoms. The van der Waals surface area contributed by atoms with E-state index in [1.807, 2.05) is 0 Å². The zero-order valence-corrected chi connectivity index (χ0v) is 11.3. The molecule has 0 spiro atoms. The summed E-state index contributed by atoms with van der Waals surface area (Å²) in [5.41, 5.74) is 2.69. The molecule has 2 heteroatoms. The third-order valence-electron chi connectivity index (χ3n) is 2.44. The Balaban J connectivity index is 2.72. The number of anilines is 1. The maximum atomic E-state index is 3.47. The van der Waals surface area contributed by atoms with Crippen molar-refractivity contribution in [3.8, 4) is 0 Å². The highest BCUT2D eigenvalue weighted by Crippen LogP contribution is 2.17. The van der Waals surface area contributed by atoms with Gasteiger partial charge in [0.25, 0.3) is 0 Å². The molecule has 0 fully saturated rings. The lowest BCUT2D eigenvalue weighted by Gasteiger charge is -2.23. The topological polar surface area (TPSA) is 3.24 Å². The van der Waals surface area contributed by atoms with Gasteiger partial charge >= 0.3 is 0 Å². The molecule has 0 saturated carbocycles. The minimum absolute atomic E-state index is 0.939. The number of halogens is 1. The zero-order valence-electron chi connectivity index (χ0n) is 9.67. The quantitative estimate of drug-likeness (QED) is 0.700. The van der Waals surface area contributed by atoms with Gasteiger partial charge in [-0.2, -0.15) is 0 Å². The first kappa shape index (κ1) is 12.6. The van der Waals surface area contributed by atoms with E-state index in [1.54, 1.807) is 0 Å². The van der Waals surface area contributed by atoms with Gasteiger partial charge in [-0.1, -0.05) is 41.9 Å². The van der Waals surface area contributed by atoms with Crippen LogP contribution in [0.4, 0.5) is 5.69 Å². The molecule has 0 N–H and O–H groups in total. The fraction of sp³-hybridized carbons (Fsp3) is 0.538. The monoisotopic (exact) mass is 269 g/mol. The summed E-state index contributed by atoms with van der Waals surface area (Å²) in [6.07, 6.45) is 2.42. The molecular weight excluding hydrogens is 250 g/mol. The number of hydrogen-bond acceptors (Lipinski definition) is 1. The van der Waals surface area contributed by atoms with Gasteiger partial charge in [0.05, 0.1) is 0 Å². The molecular formula is C13H20BrN. The third kappa shape index (κ3) is 3.86. The number of rotatable bonds is 6. The Labute approximate surface area is 102 Å². The van der Waals surface area contributed by atoms with Crippen LogP contribution in [0.5, 0.6) is 0 Å². The van der Waals surface area contributed by atoms with Crippen LogP contribution in [-0.4, -0.2) is 13.1 Å². The van der Waals surface area contributed by atoms with E-state index in [4.69, 9.17) is 0 Å². The molecule has 0 aliphatic carbocycles. The molecule has 0 unspecified atom stereocenters. The van der Waals surface area contributed by atoms with Gasteiger partial charge in [0.15, 0.2) is 0 Å². The summed E-state index contributed by atoms with van der Waals surface area (Å²) in [4.78, 5) is 2.46. The van der Waals surface area contributed by atoms with E-state index < -0.39 is 0 Å². The Morgan fingerprint density at radius 1 is 1.00 bits per heavy atom. The summed E-state index contributed by atoms with van der Waals surface area (Å²) < 4.78 is 0. The first-order valence-corrected chi connectivity index (χ1v) is 6.83. The summed E-state index contributed by atoms with van der Waals surface area (Å²) in [7, 11) is 0. The largest absolute Gasteiger partial charge is 0.372 e. The zero-order chi connectivity index (χ0) is 11.1. The molecule has 0 aliphatic heterocycles. The van der Waals surface area contributed by atoms with E-state index in [-0.39, 0.29) is 0 Å². The molecule has 0 aromatic heterocycles. The summed E-state index contributed by atoms with van der Waals surface area (Å²) in [5, 5.41) is 0.939. The Kier molecular flexibility index (Phi) is 5.77. The standard InChI is InChI=1S/C13H20BrN/c1-3-9-15(10-4-2)13-7-5-12(11-14)6-8-13/h5-8H,3-4,9-11H2,1-2H3. The minimum Gasteiger partial charge on any atom is -0.372 e. The number of benzene rings is 1. The first-order chi connectivity index (χ1) is 7.31. The molecule has 1 rings (SSSR count). The summed E-state index contributed by atoms with van der Waals surface area (Å²) in [5.74, 6) is 0. The van der Waals surface area contributed by atoms with Crippen LogP contribution in [0.25, 0.3) is 0 Å². The molecule has 0 amide bonds. The fourth-order valence-corrected chi connectivity index (χ4v) is 2.08. The van der Waals surface area contributed by atoms with Gasteiger partial charge in [-0.05, 0) is 30.5 Å². The van der Waals surface area contributed by atoms with E-state index in [1.165, 1.54) is 24.1 Å². The van der Waals surface area contributed by atoms with Crippen molar-refractivity contribution < 1.29 is 0 Å². The highest BCUT2D eigenvalue weighted by atomic mass is 79.9. The predicted octanol–water partition coefficient (Wildman–Crippen LogP) is 4.21. The van der Waals surface area contributed by atoms with Crippen LogP contribution in [0.15, 0.2) is 24.3 Å². The average molecular weight is 270 g/mol. The molecule has 84 valence electrons. The summed E-state index contributed by atoms with van der Waals surface area (Å²) >= 11 is 3.47. The van der Waals surface area contributed by atoms with Gasteiger partial charge in [0.2, 0.25) is 0 Å². The van der Waals surface area contributed by atoms with Gasteiger partial charge in [0.1, 0.15) is 0 Å². The first-order valence-electron chi connectivity index (χ1n) is 5.71. The normalized spacial score (nSPS) is 10.3. The maximum Gasteiger partial charge on any atom is 0.0366 e. The molecule has 0 aliphatic rings. The van der Waals surface area contributed by atoms with Crippen LogP contribution in [0, 0.1) is 0 Å². The van der Waals surface area contributed by atoms with Gasteiger partial charge in [0, 0.05) is 24.1 Å². The Bertz CT molecular complexity index is 262. The van der Waals surface area contributed by atoms with E-state index in [2.05, 4.69) is 58.9 Å². The van der Waals surface area contributed by atoms with E-state index in [0.717, 1.165) is 18.4 Å². The lowest BCUT2D eigenvalue weighted by atomic mass is 10.2. The second-order valence-electron chi connectivity index (χ2n) is 3.79. The van der Waals surface area contributed by atoms with Crippen molar-refractivity contribution >= 4 is 21.6 Å². The smallest absolute Gasteiger partial charge is 0.0366 e. The van der Waals surface area contributed by atoms with Gasteiger partial charge in [-0.15, -0.1) is 0 Å². The maximum absolute atomic E-state index is 3.47. The molecule has 1 nitrogen and oxygen atoms in total. The van der Waals surface area contributed by atoms with Crippen LogP contribution in [0.3, 0.4) is 0 Å². The lowest BCUT2D eigenvalue weighted by Crippen LogP contribution is -2.24. The minimum atomic E-state index is 0.939. The second kappa shape index (κ2) is 6.89. The molecule has 0 heterocycles. The SMILES string of the molecule is CCCN(CCC)c1ccc(CBr)cc1. The van der Waals surface area contributed by atoms with Crippen LogP contribution >= 0.6 is 15.9 Å². The van der Waals surface area contributed by atoms with Gasteiger partial charge in [-0.3, -0.25) is 0 Å². The highest BCUT2D eigenvalue weighted by molar-refractivity contribution is 9.08. The van der Waals surface area contributed by atoms with Crippen molar-refractivity contribution in [1.29, 1.82) is 0 Å². The van der Waals surface area contributed by atoms with Crippen molar-refractivity contribution in [3.05, 3.63) is 29.8 Å². The molecule has 0 radical (unpaired) electrons. The summed E-state index contributed by atoms with van der Waals surface area (Å²) in [6, 6.07) is 8.84. The van der Waals surface area contributed by atoms with Crippen LogP contribution in [-0.2, 0) is 5.33 Å². The molecule has 1 aromatic carbocycles. The van der Waals surface area contributed by atoms with Crippen molar-refractivity contribution in [2.45, 2.75) is 32.0 Å².